The third-order valence-electron chi connectivity index (χ3n) is 4.43. The highest BCUT2D eigenvalue weighted by molar-refractivity contribution is 5.78. The number of likely N-dealkylation sites (N-methyl/N-ethyl adjacent to an activating group) is 2. The second-order valence-electron chi connectivity index (χ2n) is 5.66. The van der Waals surface area contributed by atoms with Gasteiger partial charge in [-0.25, -0.2) is 4.39 Å². The molecule has 1 aromatic heterocycles. The highest BCUT2D eigenvalue weighted by Crippen LogP contribution is 2.35. The average Bonchev–Trinajstić information content (AvgIpc) is 2.81. The summed E-state index contributed by atoms with van der Waals surface area (Å²) in [6, 6.07) is 6.58. The Bertz CT molecular complexity index is 593. The number of hydrogen-bond donors (Lipinski definition) is 1. The van der Waals surface area contributed by atoms with Gasteiger partial charge >= 0.3 is 0 Å². The van der Waals surface area contributed by atoms with E-state index in [0.29, 0.717) is 0 Å². The van der Waals surface area contributed by atoms with Crippen molar-refractivity contribution < 1.29 is 8.81 Å². The Labute approximate surface area is 119 Å². The fourth-order valence-electron chi connectivity index (χ4n) is 2.72. The predicted octanol–water partition coefficient (Wildman–Crippen LogP) is 3.56. The van der Waals surface area contributed by atoms with Crippen LogP contribution in [0.3, 0.4) is 0 Å². The Balaban J connectivity index is 2.48. The monoisotopic (exact) mass is 278 g/mol. The van der Waals surface area contributed by atoms with Gasteiger partial charge in [0.2, 0.25) is 0 Å². The number of fused-ring (bicyclic) bond motifs is 1. The zero-order chi connectivity index (χ0) is 14.9. The molecule has 2 unspecified atom stereocenters. The van der Waals surface area contributed by atoms with Gasteiger partial charge in [-0.05, 0) is 58.8 Å². The van der Waals surface area contributed by atoms with Crippen LogP contribution in [-0.4, -0.2) is 31.6 Å². The number of halogens is 1. The van der Waals surface area contributed by atoms with Gasteiger partial charge in [-0.3, -0.25) is 0 Å². The zero-order valence-corrected chi connectivity index (χ0v) is 12.8. The number of rotatable bonds is 5. The third kappa shape index (κ3) is 2.45. The van der Waals surface area contributed by atoms with E-state index in [2.05, 4.69) is 38.2 Å². The van der Waals surface area contributed by atoms with Crippen molar-refractivity contribution in [3.8, 4) is 0 Å². The summed E-state index contributed by atoms with van der Waals surface area (Å²) in [7, 11) is 6.06. The molecule has 0 aliphatic heterocycles. The van der Waals surface area contributed by atoms with E-state index in [1.54, 1.807) is 6.07 Å². The number of nitrogens with one attached hydrogen (secondary N) is 1. The first-order valence-electron chi connectivity index (χ1n) is 6.96. The maximum atomic E-state index is 13.3. The van der Waals surface area contributed by atoms with Crippen LogP contribution >= 0.6 is 0 Å². The quantitative estimate of drug-likeness (QED) is 0.906. The smallest absolute Gasteiger partial charge is 0.134 e. The maximum absolute atomic E-state index is 13.3. The van der Waals surface area contributed by atoms with Crippen molar-refractivity contribution in [3.05, 3.63) is 35.8 Å². The number of hydrogen-bond acceptors (Lipinski definition) is 3. The van der Waals surface area contributed by atoms with E-state index < -0.39 is 0 Å². The van der Waals surface area contributed by atoms with Gasteiger partial charge in [-0.1, -0.05) is 6.92 Å². The molecule has 0 aliphatic carbocycles. The molecular formula is C16H23FN2O. The largest absolute Gasteiger partial charge is 0.459 e. The van der Waals surface area contributed by atoms with E-state index in [1.807, 2.05) is 13.1 Å². The lowest BCUT2D eigenvalue weighted by Crippen LogP contribution is -2.50. The molecule has 0 aliphatic rings. The fraction of sp³-hybridized carbons (Fsp3) is 0.500. The van der Waals surface area contributed by atoms with Gasteiger partial charge in [-0.2, -0.15) is 0 Å². The molecule has 3 nitrogen and oxygen atoms in total. The normalized spacial score (nSPS) is 16.6. The maximum Gasteiger partial charge on any atom is 0.134 e. The Morgan fingerprint density at radius 1 is 1.35 bits per heavy atom. The number of furan rings is 1. The van der Waals surface area contributed by atoms with Crippen LogP contribution in [0.5, 0.6) is 0 Å². The molecule has 0 radical (unpaired) electrons. The van der Waals surface area contributed by atoms with Crippen LogP contribution in [0, 0.1) is 5.82 Å². The van der Waals surface area contributed by atoms with E-state index >= 15 is 0 Å². The molecule has 110 valence electrons. The molecule has 20 heavy (non-hydrogen) atoms. The van der Waals surface area contributed by atoms with Crippen molar-refractivity contribution in [1.29, 1.82) is 0 Å². The summed E-state index contributed by atoms with van der Waals surface area (Å²) in [5.41, 5.74) is 0.639. The van der Waals surface area contributed by atoms with E-state index in [9.17, 15) is 4.39 Å². The molecular weight excluding hydrogens is 255 g/mol. The summed E-state index contributed by atoms with van der Waals surface area (Å²) in [5, 5.41) is 4.14. The average molecular weight is 278 g/mol. The van der Waals surface area contributed by atoms with Gasteiger partial charge in [0.05, 0.1) is 6.04 Å². The van der Waals surface area contributed by atoms with E-state index in [0.717, 1.165) is 23.2 Å². The second kappa shape index (κ2) is 5.54. The molecule has 2 rings (SSSR count). The Hall–Kier alpha value is -1.39. The van der Waals surface area contributed by atoms with Gasteiger partial charge in [0, 0.05) is 10.9 Å². The summed E-state index contributed by atoms with van der Waals surface area (Å²) in [5.74, 6) is 0.600. The van der Waals surface area contributed by atoms with Crippen LogP contribution in [0.2, 0.25) is 0 Å². The molecule has 0 spiro atoms. The molecule has 2 aromatic rings. The molecule has 4 heteroatoms. The predicted molar refractivity (Wildman–Crippen MR) is 80.4 cm³/mol. The van der Waals surface area contributed by atoms with Gasteiger partial charge in [0.1, 0.15) is 17.2 Å². The lowest BCUT2D eigenvalue weighted by molar-refractivity contribution is 0.106. The van der Waals surface area contributed by atoms with Crippen LogP contribution in [-0.2, 0) is 0 Å². The summed E-state index contributed by atoms with van der Waals surface area (Å²) >= 11 is 0. The minimum Gasteiger partial charge on any atom is -0.459 e. The molecule has 1 heterocycles. The highest BCUT2D eigenvalue weighted by atomic mass is 19.1. The minimum absolute atomic E-state index is 0.0398. The third-order valence-corrected chi connectivity index (χ3v) is 4.43. The molecule has 0 fully saturated rings. The van der Waals surface area contributed by atoms with Crippen LogP contribution < -0.4 is 5.32 Å². The Kier molecular flexibility index (Phi) is 4.16. The van der Waals surface area contributed by atoms with Crippen molar-refractivity contribution in [1.82, 2.24) is 10.2 Å². The Morgan fingerprint density at radius 2 is 2.05 bits per heavy atom. The van der Waals surface area contributed by atoms with Crippen molar-refractivity contribution >= 4 is 11.0 Å². The number of benzene rings is 1. The lowest BCUT2D eigenvalue weighted by atomic mass is 9.86. The van der Waals surface area contributed by atoms with Crippen LogP contribution in [0.4, 0.5) is 4.39 Å². The SMILES string of the molecule is CCC(C)(C(NC)c1cc2cc(F)ccc2o1)N(C)C. The van der Waals surface area contributed by atoms with Crippen LogP contribution in [0.15, 0.2) is 28.7 Å². The highest BCUT2D eigenvalue weighted by Gasteiger charge is 2.37. The zero-order valence-electron chi connectivity index (χ0n) is 12.8. The van der Waals surface area contributed by atoms with Crippen LogP contribution in [0.25, 0.3) is 11.0 Å². The van der Waals surface area contributed by atoms with Crippen molar-refractivity contribution in [2.45, 2.75) is 31.8 Å². The molecule has 0 amide bonds. The van der Waals surface area contributed by atoms with Gasteiger partial charge in [0.25, 0.3) is 0 Å². The summed E-state index contributed by atoms with van der Waals surface area (Å²) in [4.78, 5) is 2.20. The van der Waals surface area contributed by atoms with Crippen molar-refractivity contribution in [3.63, 3.8) is 0 Å². The summed E-state index contributed by atoms with van der Waals surface area (Å²) in [6.45, 7) is 4.36. The Morgan fingerprint density at radius 3 is 2.60 bits per heavy atom. The van der Waals surface area contributed by atoms with Gasteiger partial charge in [-0.15, -0.1) is 0 Å². The van der Waals surface area contributed by atoms with E-state index in [1.165, 1.54) is 12.1 Å². The number of nitrogens with zero attached hydrogens (tertiary/aromatic N) is 1. The molecule has 1 aromatic carbocycles. The minimum atomic E-state index is -0.239. The lowest BCUT2D eigenvalue weighted by Gasteiger charge is -2.41. The topological polar surface area (TPSA) is 28.4 Å². The second-order valence-corrected chi connectivity index (χ2v) is 5.66. The van der Waals surface area contributed by atoms with Crippen molar-refractivity contribution in [2.24, 2.45) is 0 Å². The first-order chi connectivity index (χ1) is 9.42. The summed E-state index contributed by atoms with van der Waals surface area (Å²) < 4.78 is 19.2. The summed E-state index contributed by atoms with van der Waals surface area (Å²) in [6.07, 6.45) is 0.969. The van der Waals surface area contributed by atoms with Gasteiger partial charge < -0.3 is 14.6 Å². The van der Waals surface area contributed by atoms with Crippen LogP contribution in [0.1, 0.15) is 32.1 Å². The first-order valence-corrected chi connectivity index (χ1v) is 6.96. The van der Waals surface area contributed by atoms with Crippen molar-refractivity contribution in [2.75, 3.05) is 21.1 Å². The molecule has 0 saturated heterocycles. The van der Waals surface area contributed by atoms with E-state index in [4.69, 9.17) is 4.42 Å². The molecule has 2 atom stereocenters. The first kappa shape index (κ1) is 15.0. The van der Waals surface area contributed by atoms with E-state index in [-0.39, 0.29) is 17.4 Å². The fourth-order valence-corrected chi connectivity index (χ4v) is 2.72. The molecule has 0 saturated carbocycles. The molecule has 1 N–H and O–H groups in total. The standard InChI is InChI=1S/C16H23FN2O/c1-6-16(2,19(4)5)15(18-3)14-10-11-9-12(17)7-8-13(11)20-14/h7-10,15,18H,6H2,1-5H3. The molecule has 0 bridgehead atoms. The van der Waals surface area contributed by atoms with Gasteiger partial charge in [0.15, 0.2) is 0 Å².